The van der Waals surface area contributed by atoms with E-state index in [0.717, 1.165) is 0 Å². The van der Waals surface area contributed by atoms with Crippen LogP contribution in [0.25, 0.3) is 0 Å². The lowest BCUT2D eigenvalue weighted by molar-refractivity contribution is 0.0980. The standard InChI is InChI=1S/C15H20N2O3/c1-4-16(5-2)15(19)17-9-8-14(18)12-10-11(20-3)6-7-13(12)17/h6-7,10H,4-5,8-9H2,1-3H3. The Labute approximate surface area is 119 Å². The molecule has 2 amide bonds. The van der Waals surface area contributed by atoms with Crippen molar-refractivity contribution in [2.24, 2.45) is 0 Å². The first kappa shape index (κ1) is 14.4. The molecule has 0 unspecified atom stereocenters. The second kappa shape index (κ2) is 5.94. The van der Waals surface area contributed by atoms with Gasteiger partial charge in [0, 0.05) is 31.6 Å². The number of amides is 2. The van der Waals surface area contributed by atoms with Crippen LogP contribution in [0.15, 0.2) is 18.2 Å². The minimum absolute atomic E-state index is 0.0473. The number of ether oxygens (including phenoxy) is 1. The average Bonchev–Trinajstić information content (AvgIpc) is 2.48. The van der Waals surface area contributed by atoms with Gasteiger partial charge in [0.15, 0.2) is 5.78 Å². The lowest BCUT2D eigenvalue weighted by Crippen LogP contribution is -2.46. The molecule has 20 heavy (non-hydrogen) atoms. The van der Waals surface area contributed by atoms with E-state index in [1.54, 1.807) is 35.1 Å². The van der Waals surface area contributed by atoms with E-state index in [1.807, 2.05) is 13.8 Å². The van der Waals surface area contributed by atoms with Crippen LogP contribution in [-0.4, -0.2) is 43.5 Å². The summed E-state index contributed by atoms with van der Waals surface area (Å²) in [6, 6.07) is 5.22. The number of rotatable bonds is 3. The summed E-state index contributed by atoms with van der Waals surface area (Å²) in [4.78, 5) is 28.0. The van der Waals surface area contributed by atoms with Gasteiger partial charge in [-0.15, -0.1) is 0 Å². The van der Waals surface area contributed by atoms with Gasteiger partial charge in [0.05, 0.1) is 12.8 Å². The molecule has 5 nitrogen and oxygen atoms in total. The maximum atomic E-state index is 12.5. The molecular formula is C15H20N2O3. The van der Waals surface area contributed by atoms with Gasteiger partial charge in [-0.05, 0) is 32.0 Å². The molecule has 0 saturated heterocycles. The zero-order chi connectivity index (χ0) is 14.7. The summed E-state index contributed by atoms with van der Waals surface area (Å²) in [5.74, 6) is 0.691. The third-order valence-electron chi connectivity index (χ3n) is 3.62. The van der Waals surface area contributed by atoms with Crippen LogP contribution in [0, 0.1) is 0 Å². The Morgan fingerprint density at radius 1 is 1.35 bits per heavy atom. The number of carbonyl (C=O) groups is 2. The van der Waals surface area contributed by atoms with Gasteiger partial charge in [-0.2, -0.15) is 0 Å². The number of Topliss-reactive ketones (excluding diaryl/α,β-unsaturated/α-hetero) is 1. The smallest absolute Gasteiger partial charge is 0.324 e. The normalized spacial score (nSPS) is 13.9. The van der Waals surface area contributed by atoms with E-state index in [0.29, 0.717) is 43.1 Å². The minimum Gasteiger partial charge on any atom is -0.497 e. The molecule has 0 radical (unpaired) electrons. The highest BCUT2D eigenvalue weighted by Gasteiger charge is 2.29. The molecule has 2 rings (SSSR count). The van der Waals surface area contributed by atoms with Crippen molar-refractivity contribution in [1.29, 1.82) is 0 Å². The molecule has 1 aliphatic rings. The molecule has 0 aliphatic carbocycles. The van der Waals surface area contributed by atoms with Gasteiger partial charge in [-0.1, -0.05) is 0 Å². The van der Waals surface area contributed by atoms with Crippen LogP contribution in [0.3, 0.4) is 0 Å². The van der Waals surface area contributed by atoms with Crippen molar-refractivity contribution in [2.45, 2.75) is 20.3 Å². The number of urea groups is 1. The van der Waals surface area contributed by atoms with Gasteiger partial charge in [-0.25, -0.2) is 4.79 Å². The number of hydrogen-bond acceptors (Lipinski definition) is 3. The first-order valence-electron chi connectivity index (χ1n) is 6.90. The number of fused-ring (bicyclic) bond motifs is 1. The summed E-state index contributed by atoms with van der Waals surface area (Å²) >= 11 is 0. The van der Waals surface area contributed by atoms with Crippen LogP contribution >= 0.6 is 0 Å². The number of benzene rings is 1. The van der Waals surface area contributed by atoms with E-state index >= 15 is 0 Å². The van der Waals surface area contributed by atoms with Gasteiger partial charge < -0.3 is 9.64 Å². The van der Waals surface area contributed by atoms with E-state index < -0.39 is 0 Å². The van der Waals surface area contributed by atoms with E-state index in [-0.39, 0.29) is 11.8 Å². The zero-order valence-electron chi connectivity index (χ0n) is 12.2. The molecule has 1 aromatic rings. The Morgan fingerprint density at radius 3 is 2.65 bits per heavy atom. The number of nitrogens with zero attached hydrogens (tertiary/aromatic N) is 2. The van der Waals surface area contributed by atoms with Crippen LogP contribution in [-0.2, 0) is 0 Å². The molecule has 0 N–H and O–H groups in total. The molecule has 0 spiro atoms. The average molecular weight is 276 g/mol. The van der Waals surface area contributed by atoms with E-state index in [2.05, 4.69) is 0 Å². The Bertz CT molecular complexity index is 524. The van der Waals surface area contributed by atoms with Crippen LogP contribution in [0.1, 0.15) is 30.6 Å². The Hall–Kier alpha value is -2.04. The Balaban J connectivity index is 2.38. The molecule has 0 aromatic heterocycles. The fourth-order valence-corrected chi connectivity index (χ4v) is 2.43. The second-order valence-electron chi connectivity index (χ2n) is 4.66. The number of hydrogen-bond donors (Lipinski definition) is 0. The van der Waals surface area contributed by atoms with Gasteiger partial charge in [0.1, 0.15) is 5.75 Å². The molecule has 1 aromatic carbocycles. The van der Waals surface area contributed by atoms with Crippen molar-refractivity contribution in [2.75, 3.05) is 31.6 Å². The lowest BCUT2D eigenvalue weighted by Gasteiger charge is -2.33. The van der Waals surface area contributed by atoms with Crippen LogP contribution in [0.4, 0.5) is 10.5 Å². The predicted molar refractivity (Wildman–Crippen MR) is 77.6 cm³/mol. The van der Waals surface area contributed by atoms with E-state index in [1.165, 1.54) is 0 Å². The number of ketones is 1. The number of carbonyl (C=O) groups excluding carboxylic acids is 2. The number of methoxy groups -OCH3 is 1. The summed E-state index contributed by atoms with van der Waals surface area (Å²) in [7, 11) is 1.56. The fraction of sp³-hybridized carbons (Fsp3) is 0.467. The topological polar surface area (TPSA) is 49.9 Å². The molecule has 5 heteroatoms. The third kappa shape index (κ3) is 2.48. The molecule has 0 bridgehead atoms. The number of anilines is 1. The minimum atomic E-state index is -0.0473. The predicted octanol–water partition coefficient (Wildman–Crippen LogP) is 2.55. The molecule has 108 valence electrons. The molecule has 1 aliphatic heterocycles. The maximum Gasteiger partial charge on any atom is 0.324 e. The van der Waals surface area contributed by atoms with Crippen molar-refractivity contribution < 1.29 is 14.3 Å². The van der Waals surface area contributed by atoms with E-state index in [4.69, 9.17) is 4.74 Å². The van der Waals surface area contributed by atoms with Crippen LogP contribution in [0.5, 0.6) is 5.75 Å². The maximum absolute atomic E-state index is 12.5. The SMILES string of the molecule is CCN(CC)C(=O)N1CCC(=O)c2cc(OC)ccc21. The molecule has 0 saturated carbocycles. The van der Waals surface area contributed by atoms with Crippen molar-refractivity contribution in [1.82, 2.24) is 4.90 Å². The van der Waals surface area contributed by atoms with Gasteiger partial charge in [0.25, 0.3) is 0 Å². The molecule has 1 heterocycles. The molecule has 0 fully saturated rings. The fourth-order valence-electron chi connectivity index (χ4n) is 2.43. The van der Waals surface area contributed by atoms with Gasteiger partial charge >= 0.3 is 6.03 Å². The van der Waals surface area contributed by atoms with Crippen molar-refractivity contribution in [3.63, 3.8) is 0 Å². The van der Waals surface area contributed by atoms with E-state index in [9.17, 15) is 9.59 Å². The summed E-state index contributed by atoms with van der Waals surface area (Å²) in [6.07, 6.45) is 0.354. The third-order valence-corrected chi connectivity index (χ3v) is 3.62. The van der Waals surface area contributed by atoms with Crippen molar-refractivity contribution >= 4 is 17.5 Å². The zero-order valence-corrected chi connectivity index (χ0v) is 12.2. The van der Waals surface area contributed by atoms with Crippen LogP contribution in [0.2, 0.25) is 0 Å². The van der Waals surface area contributed by atoms with Crippen LogP contribution < -0.4 is 9.64 Å². The molecule has 0 atom stereocenters. The highest BCUT2D eigenvalue weighted by molar-refractivity contribution is 6.08. The molecular weight excluding hydrogens is 256 g/mol. The highest BCUT2D eigenvalue weighted by atomic mass is 16.5. The first-order chi connectivity index (χ1) is 9.62. The second-order valence-corrected chi connectivity index (χ2v) is 4.66. The van der Waals surface area contributed by atoms with Gasteiger partial charge in [-0.3, -0.25) is 9.69 Å². The first-order valence-corrected chi connectivity index (χ1v) is 6.90. The summed E-state index contributed by atoms with van der Waals surface area (Å²) in [6.45, 7) is 5.65. The summed E-state index contributed by atoms with van der Waals surface area (Å²) in [5, 5.41) is 0. The highest BCUT2D eigenvalue weighted by Crippen LogP contribution is 2.31. The van der Waals surface area contributed by atoms with Gasteiger partial charge in [0.2, 0.25) is 0 Å². The summed E-state index contributed by atoms with van der Waals surface area (Å²) in [5.41, 5.74) is 1.25. The Morgan fingerprint density at radius 2 is 2.05 bits per heavy atom. The Kier molecular flexibility index (Phi) is 4.27. The van der Waals surface area contributed by atoms with Crippen molar-refractivity contribution in [3.8, 4) is 5.75 Å². The van der Waals surface area contributed by atoms with Crippen molar-refractivity contribution in [3.05, 3.63) is 23.8 Å². The quantitative estimate of drug-likeness (QED) is 0.852. The largest absolute Gasteiger partial charge is 0.497 e. The monoisotopic (exact) mass is 276 g/mol. The lowest BCUT2D eigenvalue weighted by atomic mass is 10.0. The summed E-state index contributed by atoms with van der Waals surface area (Å²) < 4.78 is 5.15.